The Kier molecular flexibility index (Phi) is 2.87. The third-order valence-corrected chi connectivity index (χ3v) is 2.51. The van der Waals surface area contributed by atoms with Gasteiger partial charge in [0.25, 0.3) is 0 Å². The van der Waals surface area contributed by atoms with Crippen LogP contribution in [-0.4, -0.2) is 5.84 Å². The van der Waals surface area contributed by atoms with Crippen molar-refractivity contribution in [3.8, 4) is 0 Å². The zero-order valence-corrected chi connectivity index (χ0v) is 8.48. The minimum atomic E-state index is 0.205. The van der Waals surface area contributed by atoms with E-state index in [-0.39, 0.29) is 5.84 Å². The minimum Gasteiger partial charge on any atom is -0.387 e. The molecule has 0 aromatic heterocycles. The van der Waals surface area contributed by atoms with Crippen molar-refractivity contribution in [1.82, 2.24) is 0 Å². The van der Waals surface area contributed by atoms with Gasteiger partial charge in [-0.05, 0) is 24.1 Å². The van der Waals surface area contributed by atoms with Crippen LogP contribution in [0.15, 0.2) is 22.7 Å². The lowest BCUT2D eigenvalue weighted by atomic mass is 10.1. The molecule has 0 aliphatic rings. The van der Waals surface area contributed by atoms with Crippen LogP contribution in [0.3, 0.4) is 0 Å². The molecule has 0 saturated heterocycles. The second-order valence-corrected chi connectivity index (χ2v) is 3.64. The molecule has 0 atom stereocenters. The molecule has 3 heteroatoms. The van der Waals surface area contributed by atoms with Crippen LogP contribution in [-0.2, 0) is 6.42 Å². The largest absolute Gasteiger partial charge is 0.387 e. The van der Waals surface area contributed by atoms with E-state index < -0.39 is 0 Å². The average Bonchev–Trinajstić information content (AvgIpc) is 1.96. The van der Waals surface area contributed by atoms with E-state index in [0.29, 0.717) is 6.42 Å². The average molecular weight is 227 g/mol. The fourth-order valence-electron chi connectivity index (χ4n) is 1.04. The summed E-state index contributed by atoms with van der Waals surface area (Å²) in [5.74, 6) is 0.205. The molecule has 2 nitrogen and oxygen atoms in total. The first-order chi connectivity index (χ1) is 5.59. The van der Waals surface area contributed by atoms with Gasteiger partial charge in [-0.2, -0.15) is 0 Å². The summed E-state index contributed by atoms with van der Waals surface area (Å²) in [6, 6.07) is 5.98. The molecule has 0 fully saturated rings. The zero-order chi connectivity index (χ0) is 9.14. The second kappa shape index (κ2) is 3.72. The number of nitrogens with two attached hydrogens (primary N) is 1. The van der Waals surface area contributed by atoms with E-state index in [4.69, 9.17) is 11.1 Å². The number of hydrogen-bond donors (Lipinski definition) is 2. The molecule has 0 bridgehead atoms. The predicted octanol–water partition coefficient (Wildman–Crippen LogP) is 2.24. The lowest BCUT2D eigenvalue weighted by molar-refractivity contribution is 1.23. The molecule has 0 radical (unpaired) electrons. The first kappa shape index (κ1) is 9.26. The predicted molar refractivity (Wildman–Crippen MR) is 54.5 cm³/mol. The number of rotatable bonds is 2. The van der Waals surface area contributed by atoms with E-state index in [1.54, 1.807) is 0 Å². The van der Waals surface area contributed by atoms with Gasteiger partial charge in [-0.1, -0.05) is 28.1 Å². The lowest BCUT2D eigenvalue weighted by Crippen LogP contribution is -2.12. The Morgan fingerprint density at radius 1 is 1.58 bits per heavy atom. The molecule has 64 valence electrons. The highest BCUT2D eigenvalue weighted by molar-refractivity contribution is 9.10. The van der Waals surface area contributed by atoms with Crippen LogP contribution in [0.25, 0.3) is 0 Å². The molecular formula is C9H11BrN2. The van der Waals surface area contributed by atoms with E-state index in [2.05, 4.69) is 15.9 Å². The van der Waals surface area contributed by atoms with Crippen LogP contribution in [0.1, 0.15) is 11.1 Å². The molecule has 0 saturated carbocycles. The summed E-state index contributed by atoms with van der Waals surface area (Å²) in [5.41, 5.74) is 7.55. The van der Waals surface area contributed by atoms with E-state index >= 15 is 0 Å². The SMILES string of the molecule is Cc1cc(CC(=N)N)ccc1Br. The molecule has 0 aliphatic carbocycles. The smallest absolute Gasteiger partial charge is 0.0950 e. The normalized spacial score (nSPS) is 9.83. The third kappa shape index (κ3) is 2.34. The molecule has 0 amide bonds. The number of benzene rings is 1. The Balaban J connectivity index is 2.89. The van der Waals surface area contributed by atoms with Crippen molar-refractivity contribution < 1.29 is 0 Å². The Morgan fingerprint density at radius 2 is 2.25 bits per heavy atom. The van der Waals surface area contributed by atoms with Gasteiger partial charge in [-0.15, -0.1) is 0 Å². The lowest BCUT2D eigenvalue weighted by Gasteiger charge is -2.02. The molecule has 3 N–H and O–H groups in total. The summed E-state index contributed by atoms with van der Waals surface area (Å²) in [6.45, 7) is 2.02. The highest BCUT2D eigenvalue weighted by Crippen LogP contribution is 2.17. The molecule has 0 unspecified atom stereocenters. The number of nitrogens with one attached hydrogen (secondary N) is 1. The van der Waals surface area contributed by atoms with Gasteiger partial charge in [0.2, 0.25) is 0 Å². The van der Waals surface area contributed by atoms with Crippen molar-refractivity contribution in [3.05, 3.63) is 33.8 Å². The summed E-state index contributed by atoms with van der Waals surface area (Å²) >= 11 is 3.41. The van der Waals surface area contributed by atoms with Crippen LogP contribution in [0.4, 0.5) is 0 Å². The van der Waals surface area contributed by atoms with Gasteiger partial charge < -0.3 is 5.73 Å². The van der Waals surface area contributed by atoms with Gasteiger partial charge >= 0.3 is 0 Å². The number of halogens is 1. The maximum Gasteiger partial charge on any atom is 0.0950 e. The maximum absolute atomic E-state index is 7.12. The summed E-state index contributed by atoms with van der Waals surface area (Å²) in [5, 5.41) is 7.12. The quantitative estimate of drug-likeness (QED) is 0.590. The van der Waals surface area contributed by atoms with Gasteiger partial charge in [-0.3, -0.25) is 5.41 Å². The van der Waals surface area contributed by atoms with Gasteiger partial charge in [0.15, 0.2) is 0 Å². The standard InChI is InChI=1S/C9H11BrN2/c1-6-4-7(5-9(11)12)2-3-8(6)10/h2-4H,5H2,1H3,(H3,11,12). The van der Waals surface area contributed by atoms with Gasteiger partial charge in [0, 0.05) is 10.9 Å². The highest BCUT2D eigenvalue weighted by Gasteiger charge is 1.98. The van der Waals surface area contributed by atoms with Crippen molar-refractivity contribution in [2.75, 3.05) is 0 Å². The number of amidine groups is 1. The van der Waals surface area contributed by atoms with Crippen LogP contribution < -0.4 is 5.73 Å². The second-order valence-electron chi connectivity index (χ2n) is 2.79. The van der Waals surface area contributed by atoms with Crippen molar-refractivity contribution in [3.63, 3.8) is 0 Å². The van der Waals surface area contributed by atoms with Crippen LogP contribution in [0.5, 0.6) is 0 Å². The molecular weight excluding hydrogens is 216 g/mol. The molecule has 0 aliphatic heterocycles. The van der Waals surface area contributed by atoms with Crippen molar-refractivity contribution in [1.29, 1.82) is 5.41 Å². The highest BCUT2D eigenvalue weighted by atomic mass is 79.9. The number of aryl methyl sites for hydroxylation is 1. The molecule has 1 aromatic rings. The first-order valence-corrected chi connectivity index (χ1v) is 4.47. The Morgan fingerprint density at radius 3 is 2.75 bits per heavy atom. The summed E-state index contributed by atoms with van der Waals surface area (Å²) < 4.78 is 1.09. The first-order valence-electron chi connectivity index (χ1n) is 3.67. The third-order valence-electron chi connectivity index (χ3n) is 1.62. The molecule has 0 heterocycles. The van der Waals surface area contributed by atoms with Crippen LogP contribution in [0, 0.1) is 12.3 Å². The topological polar surface area (TPSA) is 49.9 Å². The zero-order valence-electron chi connectivity index (χ0n) is 6.89. The monoisotopic (exact) mass is 226 g/mol. The van der Waals surface area contributed by atoms with Crippen LogP contribution >= 0.6 is 15.9 Å². The molecule has 1 aromatic carbocycles. The Hall–Kier alpha value is -0.830. The van der Waals surface area contributed by atoms with Crippen molar-refractivity contribution in [2.24, 2.45) is 5.73 Å². The van der Waals surface area contributed by atoms with E-state index in [0.717, 1.165) is 10.0 Å². The van der Waals surface area contributed by atoms with Crippen molar-refractivity contribution in [2.45, 2.75) is 13.3 Å². The summed E-state index contributed by atoms with van der Waals surface area (Å²) in [6.07, 6.45) is 0.536. The number of hydrogen-bond acceptors (Lipinski definition) is 1. The fraction of sp³-hybridized carbons (Fsp3) is 0.222. The molecule has 12 heavy (non-hydrogen) atoms. The Labute approximate surface area is 80.4 Å². The van der Waals surface area contributed by atoms with Gasteiger partial charge in [0.1, 0.15) is 0 Å². The summed E-state index contributed by atoms with van der Waals surface area (Å²) in [7, 11) is 0. The van der Waals surface area contributed by atoms with Crippen LogP contribution in [0.2, 0.25) is 0 Å². The van der Waals surface area contributed by atoms with Crippen molar-refractivity contribution >= 4 is 21.8 Å². The molecule has 1 rings (SSSR count). The molecule has 0 spiro atoms. The fourth-order valence-corrected chi connectivity index (χ4v) is 1.28. The van der Waals surface area contributed by atoms with E-state index in [9.17, 15) is 0 Å². The maximum atomic E-state index is 7.12. The minimum absolute atomic E-state index is 0.205. The Bertz CT molecular complexity index is 307. The van der Waals surface area contributed by atoms with Gasteiger partial charge in [-0.25, -0.2) is 0 Å². The van der Waals surface area contributed by atoms with E-state index in [1.165, 1.54) is 5.56 Å². The van der Waals surface area contributed by atoms with Gasteiger partial charge in [0.05, 0.1) is 5.84 Å². The summed E-state index contributed by atoms with van der Waals surface area (Å²) in [4.78, 5) is 0. The van der Waals surface area contributed by atoms with E-state index in [1.807, 2.05) is 25.1 Å².